The van der Waals surface area contributed by atoms with Gasteiger partial charge in [-0.1, -0.05) is 27.2 Å². The van der Waals surface area contributed by atoms with Crippen LogP contribution >= 0.6 is 0 Å². The minimum atomic E-state index is -0.211. The first-order chi connectivity index (χ1) is 8.04. The molecule has 1 aliphatic carbocycles. The van der Waals surface area contributed by atoms with Gasteiger partial charge in [0, 0.05) is 6.61 Å². The molecule has 0 unspecified atom stereocenters. The average Bonchev–Trinajstić information content (AvgIpc) is 2.26. The summed E-state index contributed by atoms with van der Waals surface area (Å²) in [6.45, 7) is 9.19. The third kappa shape index (κ3) is 4.66. The van der Waals surface area contributed by atoms with E-state index in [2.05, 4.69) is 20.8 Å². The van der Waals surface area contributed by atoms with Crippen LogP contribution in [0.5, 0.6) is 0 Å². The largest absolute Gasteiger partial charge is 0.460 e. The highest BCUT2D eigenvalue weighted by atomic mass is 16.6. The van der Waals surface area contributed by atoms with Gasteiger partial charge in [0.1, 0.15) is 12.7 Å². The molecule has 0 aliphatic heterocycles. The van der Waals surface area contributed by atoms with Crippen molar-refractivity contribution in [1.29, 1.82) is 0 Å². The van der Waals surface area contributed by atoms with Crippen molar-refractivity contribution in [3.63, 3.8) is 0 Å². The van der Waals surface area contributed by atoms with E-state index in [9.17, 15) is 4.79 Å². The zero-order valence-electron chi connectivity index (χ0n) is 11.6. The third-order valence-electron chi connectivity index (χ3n) is 3.67. The minimum Gasteiger partial charge on any atom is -0.460 e. The Balaban J connectivity index is 2.48. The van der Waals surface area contributed by atoms with E-state index < -0.39 is 0 Å². The number of hydrogen-bond donors (Lipinski definition) is 0. The maximum Gasteiger partial charge on any atom is 0.332 e. The fourth-order valence-electron chi connectivity index (χ4n) is 2.64. The van der Waals surface area contributed by atoms with Crippen LogP contribution in [0.15, 0.2) is 0 Å². The van der Waals surface area contributed by atoms with Crippen LogP contribution in [0.1, 0.15) is 47.0 Å². The molecule has 0 bridgehead atoms. The van der Waals surface area contributed by atoms with Crippen molar-refractivity contribution in [2.45, 2.75) is 53.1 Å². The van der Waals surface area contributed by atoms with Gasteiger partial charge in [-0.05, 0) is 37.5 Å². The number of hydrogen-bond acceptors (Lipinski definition) is 3. The van der Waals surface area contributed by atoms with Crippen molar-refractivity contribution in [3.05, 3.63) is 0 Å². The molecule has 0 heterocycles. The Morgan fingerprint density at radius 2 is 2.06 bits per heavy atom. The monoisotopic (exact) mass is 242 g/mol. The molecule has 100 valence electrons. The lowest BCUT2D eigenvalue weighted by Crippen LogP contribution is -2.36. The first kappa shape index (κ1) is 14.5. The fourth-order valence-corrected chi connectivity index (χ4v) is 2.64. The second-order valence-corrected chi connectivity index (χ2v) is 5.49. The molecule has 1 rings (SSSR count). The molecule has 0 aromatic heterocycles. The molecule has 0 spiro atoms. The molecular weight excluding hydrogens is 216 g/mol. The SMILES string of the molecule is CCOCC(=O)O[C@@H]1C[C@@H](C)CC[C@@H]1C(C)C. The second kappa shape index (κ2) is 7.00. The van der Waals surface area contributed by atoms with Gasteiger partial charge < -0.3 is 9.47 Å². The smallest absolute Gasteiger partial charge is 0.332 e. The summed E-state index contributed by atoms with van der Waals surface area (Å²) in [4.78, 5) is 11.6. The molecule has 1 saturated carbocycles. The van der Waals surface area contributed by atoms with Gasteiger partial charge in [0.25, 0.3) is 0 Å². The van der Waals surface area contributed by atoms with E-state index in [4.69, 9.17) is 9.47 Å². The number of esters is 1. The Kier molecular flexibility index (Phi) is 5.96. The number of rotatable bonds is 5. The van der Waals surface area contributed by atoms with Crippen molar-refractivity contribution in [2.24, 2.45) is 17.8 Å². The Labute approximate surface area is 105 Å². The number of carbonyl (C=O) groups is 1. The molecular formula is C14H26O3. The Hall–Kier alpha value is -0.570. The van der Waals surface area contributed by atoms with Crippen molar-refractivity contribution in [2.75, 3.05) is 13.2 Å². The highest BCUT2D eigenvalue weighted by Crippen LogP contribution is 2.35. The van der Waals surface area contributed by atoms with Gasteiger partial charge in [-0.2, -0.15) is 0 Å². The van der Waals surface area contributed by atoms with E-state index in [1.54, 1.807) is 0 Å². The lowest BCUT2D eigenvalue weighted by atomic mass is 9.75. The molecule has 0 amide bonds. The summed E-state index contributed by atoms with van der Waals surface area (Å²) >= 11 is 0. The van der Waals surface area contributed by atoms with Crippen LogP contribution < -0.4 is 0 Å². The topological polar surface area (TPSA) is 35.5 Å². The molecule has 0 aromatic rings. The van der Waals surface area contributed by atoms with Crippen molar-refractivity contribution in [3.8, 4) is 0 Å². The third-order valence-corrected chi connectivity index (χ3v) is 3.67. The van der Waals surface area contributed by atoms with E-state index in [1.807, 2.05) is 6.92 Å². The van der Waals surface area contributed by atoms with E-state index in [1.165, 1.54) is 12.8 Å². The fraction of sp³-hybridized carbons (Fsp3) is 0.929. The van der Waals surface area contributed by atoms with Crippen molar-refractivity contribution < 1.29 is 14.3 Å². The van der Waals surface area contributed by atoms with E-state index in [0.717, 1.165) is 6.42 Å². The molecule has 17 heavy (non-hydrogen) atoms. The van der Waals surface area contributed by atoms with E-state index >= 15 is 0 Å². The standard InChI is InChI=1S/C14H26O3/c1-5-16-9-14(15)17-13-8-11(4)6-7-12(13)10(2)3/h10-13H,5-9H2,1-4H3/t11-,12+,13+/m0/s1. The Morgan fingerprint density at radius 1 is 1.35 bits per heavy atom. The minimum absolute atomic E-state index is 0.0895. The second-order valence-electron chi connectivity index (χ2n) is 5.49. The Morgan fingerprint density at radius 3 is 2.65 bits per heavy atom. The highest BCUT2D eigenvalue weighted by Gasteiger charge is 2.33. The molecule has 0 N–H and O–H groups in total. The summed E-state index contributed by atoms with van der Waals surface area (Å²) in [5.41, 5.74) is 0. The van der Waals surface area contributed by atoms with Crippen LogP contribution in [0, 0.1) is 17.8 Å². The van der Waals surface area contributed by atoms with Gasteiger partial charge in [-0.3, -0.25) is 0 Å². The molecule has 0 radical (unpaired) electrons. The van der Waals surface area contributed by atoms with Crippen LogP contribution in [-0.4, -0.2) is 25.3 Å². The van der Waals surface area contributed by atoms with Gasteiger partial charge in [0.05, 0.1) is 0 Å². The zero-order chi connectivity index (χ0) is 12.8. The summed E-state index contributed by atoms with van der Waals surface area (Å²) < 4.78 is 10.7. The molecule has 3 heteroatoms. The maximum absolute atomic E-state index is 11.6. The number of carbonyl (C=O) groups excluding carboxylic acids is 1. The first-order valence-electron chi connectivity index (χ1n) is 6.81. The predicted molar refractivity (Wildman–Crippen MR) is 67.7 cm³/mol. The normalized spacial score (nSPS) is 29.4. The molecule has 0 aromatic carbocycles. The summed E-state index contributed by atoms with van der Waals surface area (Å²) in [5.74, 6) is 1.54. The summed E-state index contributed by atoms with van der Waals surface area (Å²) in [5, 5.41) is 0. The molecule has 3 atom stereocenters. The van der Waals surface area contributed by atoms with Crippen LogP contribution in [0.4, 0.5) is 0 Å². The van der Waals surface area contributed by atoms with Gasteiger partial charge in [0.15, 0.2) is 0 Å². The van der Waals surface area contributed by atoms with Gasteiger partial charge in [-0.25, -0.2) is 4.79 Å². The highest BCUT2D eigenvalue weighted by molar-refractivity contribution is 5.70. The zero-order valence-corrected chi connectivity index (χ0v) is 11.6. The van der Waals surface area contributed by atoms with Crippen LogP contribution in [0.3, 0.4) is 0 Å². The van der Waals surface area contributed by atoms with Crippen LogP contribution in [0.2, 0.25) is 0 Å². The summed E-state index contributed by atoms with van der Waals surface area (Å²) in [7, 11) is 0. The summed E-state index contributed by atoms with van der Waals surface area (Å²) in [6.07, 6.45) is 3.51. The predicted octanol–water partition coefficient (Wildman–Crippen LogP) is 3.03. The van der Waals surface area contributed by atoms with Crippen molar-refractivity contribution >= 4 is 5.97 Å². The van der Waals surface area contributed by atoms with E-state index in [-0.39, 0.29) is 18.7 Å². The lowest BCUT2D eigenvalue weighted by molar-refractivity contribution is -0.161. The average molecular weight is 242 g/mol. The Bertz CT molecular complexity index is 238. The maximum atomic E-state index is 11.6. The van der Waals surface area contributed by atoms with Gasteiger partial charge in [0.2, 0.25) is 0 Å². The van der Waals surface area contributed by atoms with Crippen molar-refractivity contribution in [1.82, 2.24) is 0 Å². The number of ether oxygens (including phenoxy) is 2. The molecule has 0 saturated heterocycles. The van der Waals surface area contributed by atoms with Gasteiger partial charge >= 0.3 is 5.97 Å². The summed E-state index contributed by atoms with van der Waals surface area (Å²) in [6, 6.07) is 0. The van der Waals surface area contributed by atoms with E-state index in [0.29, 0.717) is 24.4 Å². The van der Waals surface area contributed by atoms with Crippen LogP contribution in [0.25, 0.3) is 0 Å². The molecule has 3 nitrogen and oxygen atoms in total. The van der Waals surface area contributed by atoms with Gasteiger partial charge in [-0.15, -0.1) is 0 Å². The molecule has 1 aliphatic rings. The molecule has 1 fully saturated rings. The van der Waals surface area contributed by atoms with Crippen LogP contribution in [-0.2, 0) is 14.3 Å². The quantitative estimate of drug-likeness (QED) is 0.695. The lowest BCUT2D eigenvalue weighted by Gasteiger charge is -2.36. The first-order valence-corrected chi connectivity index (χ1v) is 6.81.